The zero-order valence-electron chi connectivity index (χ0n) is 12.2. The molecule has 0 radical (unpaired) electrons. The number of anilines is 2. The fourth-order valence-corrected chi connectivity index (χ4v) is 5.51. The number of nitrogens with zero attached hydrogens (tertiary/aromatic N) is 3. The van der Waals surface area contributed by atoms with Gasteiger partial charge in [-0.05, 0) is 25.0 Å². The first-order valence-electron chi connectivity index (χ1n) is 7.08. The molecule has 23 heavy (non-hydrogen) atoms. The van der Waals surface area contributed by atoms with Crippen LogP contribution < -0.4 is 11.1 Å². The highest BCUT2D eigenvalue weighted by atomic mass is 35.5. The minimum atomic E-state index is -3.36. The molecular weight excluding hydrogens is 358 g/mol. The molecule has 0 aromatic carbocycles. The van der Waals surface area contributed by atoms with Crippen LogP contribution in [0.5, 0.6) is 0 Å². The van der Waals surface area contributed by atoms with E-state index in [4.69, 9.17) is 17.3 Å². The van der Waals surface area contributed by atoms with Gasteiger partial charge in [0.15, 0.2) is 0 Å². The number of rotatable bonds is 5. The molecule has 0 aliphatic carbocycles. The molecule has 1 aliphatic rings. The second kappa shape index (κ2) is 6.60. The largest absolute Gasteiger partial charge is 0.368 e. The molecule has 3 heterocycles. The third kappa shape index (κ3) is 3.74. The second-order valence-corrected chi connectivity index (χ2v) is 8.84. The van der Waals surface area contributed by atoms with E-state index in [0.717, 1.165) is 17.7 Å². The fourth-order valence-electron chi connectivity index (χ4n) is 2.35. The molecule has 3 N–H and O–H groups in total. The van der Waals surface area contributed by atoms with Crippen LogP contribution >= 0.6 is 22.9 Å². The first-order chi connectivity index (χ1) is 10.9. The molecule has 1 saturated heterocycles. The van der Waals surface area contributed by atoms with Crippen molar-refractivity contribution in [2.24, 2.45) is 0 Å². The number of nitrogens with one attached hydrogen (secondary N) is 1. The maximum absolute atomic E-state index is 12.5. The van der Waals surface area contributed by atoms with Crippen LogP contribution in [-0.2, 0) is 16.6 Å². The number of aromatic nitrogens is 2. The number of thiophene rings is 1. The molecule has 2 aromatic heterocycles. The van der Waals surface area contributed by atoms with Crippen LogP contribution in [0.25, 0.3) is 0 Å². The third-order valence-electron chi connectivity index (χ3n) is 3.45. The Morgan fingerprint density at radius 1 is 1.30 bits per heavy atom. The van der Waals surface area contributed by atoms with Gasteiger partial charge in [0.1, 0.15) is 15.2 Å². The first-order valence-corrected chi connectivity index (χ1v) is 9.71. The van der Waals surface area contributed by atoms with Crippen LogP contribution in [0.15, 0.2) is 22.4 Å². The zero-order valence-corrected chi connectivity index (χ0v) is 14.6. The molecule has 0 bridgehead atoms. The van der Waals surface area contributed by atoms with Crippen molar-refractivity contribution in [2.75, 3.05) is 24.1 Å². The lowest BCUT2D eigenvalue weighted by Gasteiger charge is -2.13. The van der Waals surface area contributed by atoms with Gasteiger partial charge in [0, 0.05) is 24.0 Å². The lowest BCUT2D eigenvalue weighted by atomic mass is 10.4. The molecule has 7 nitrogen and oxygen atoms in total. The molecule has 0 spiro atoms. The average Bonchev–Trinajstić information content (AvgIpc) is 3.16. The van der Waals surface area contributed by atoms with Crippen molar-refractivity contribution in [3.05, 3.63) is 28.2 Å². The summed E-state index contributed by atoms with van der Waals surface area (Å²) < 4.78 is 26.9. The fraction of sp³-hybridized carbons (Fsp3) is 0.385. The van der Waals surface area contributed by atoms with Gasteiger partial charge in [-0.25, -0.2) is 13.4 Å². The molecule has 3 rings (SSSR count). The Morgan fingerprint density at radius 3 is 2.74 bits per heavy atom. The summed E-state index contributed by atoms with van der Waals surface area (Å²) >= 11 is 7.07. The van der Waals surface area contributed by atoms with Gasteiger partial charge in [0.05, 0.1) is 6.54 Å². The summed E-state index contributed by atoms with van der Waals surface area (Å²) in [6, 6.07) is 5.01. The zero-order chi connectivity index (χ0) is 16.4. The van der Waals surface area contributed by atoms with Gasteiger partial charge in [0.2, 0.25) is 5.95 Å². The van der Waals surface area contributed by atoms with Crippen molar-refractivity contribution < 1.29 is 8.42 Å². The summed E-state index contributed by atoms with van der Waals surface area (Å²) in [4.78, 5) is 8.68. The molecule has 0 atom stereocenters. The summed E-state index contributed by atoms with van der Waals surface area (Å²) in [6.45, 7) is 1.64. The van der Waals surface area contributed by atoms with Crippen molar-refractivity contribution in [1.29, 1.82) is 0 Å². The minimum absolute atomic E-state index is 0.0866. The highest BCUT2D eigenvalue weighted by Crippen LogP contribution is 2.27. The molecule has 0 saturated carbocycles. The maximum Gasteiger partial charge on any atom is 0.252 e. The first kappa shape index (κ1) is 16.4. The topological polar surface area (TPSA) is 101 Å². The molecule has 0 amide bonds. The molecule has 10 heteroatoms. The van der Waals surface area contributed by atoms with Crippen LogP contribution in [0.3, 0.4) is 0 Å². The Morgan fingerprint density at radius 2 is 2.04 bits per heavy atom. The van der Waals surface area contributed by atoms with Crippen LogP contribution in [0.1, 0.15) is 17.7 Å². The Hall–Kier alpha value is -1.42. The Balaban J connectivity index is 1.70. The van der Waals surface area contributed by atoms with E-state index in [2.05, 4.69) is 15.3 Å². The van der Waals surface area contributed by atoms with E-state index in [1.54, 1.807) is 22.5 Å². The maximum atomic E-state index is 12.5. The quantitative estimate of drug-likeness (QED) is 0.779. The highest BCUT2D eigenvalue weighted by molar-refractivity contribution is 7.91. The Labute approximate surface area is 143 Å². The van der Waals surface area contributed by atoms with Gasteiger partial charge in [-0.3, -0.25) is 0 Å². The van der Waals surface area contributed by atoms with Crippen molar-refractivity contribution in [3.63, 3.8) is 0 Å². The van der Waals surface area contributed by atoms with Crippen LogP contribution in [-0.4, -0.2) is 35.8 Å². The molecular formula is C13H16ClN5O2S2. The molecule has 124 valence electrons. The van der Waals surface area contributed by atoms with Crippen molar-refractivity contribution in [1.82, 2.24) is 14.3 Å². The average molecular weight is 374 g/mol. The van der Waals surface area contributed by atoms with E-state index >= 15 is 0 Å². The van der Waals surface area contributed by atoms with Gasteiger partial charge in [0.25, 0.3) is 10.0 Å². The highest BCUT2D eigenvalue weighted by Gasteiger charge is 2.28. The lowest BCUT2D eigenvalue weighted by molar-refractivity contribution is 0.479. The predicted molar refractivity (Wildman–Crippen MR) is 91.1 cm³/mol. The molecule has 2 aromatic rings. The van der Waals surface area contributed by atoms with E-state index in [9.17, 15) is 8.42 Å². The number of nitrogens with two attached hydrogens (primary N) is 1. The summed E-state index contributed by atoms with van der Waals surface area (Å²) in [5, 5.41) is 3.32. The number of hydrogen-bond acceptors (Lipinski definition) is 7. The standard InChI is InChI=1S/C13H16ClN5O2S2/c14-10-7-11(18-13(15)17-10)16-8-9-3-4-12(22-9)23(20,21)19-5-1-2-6-19/h3-4,7H,1-2,5-6,8H2,(H3,15,16,17,18). The second-order valence-electron chi connectivity index (χ2n) is 5.12. The van der Waals surface area contributed by atoms with Gasteiger partial charge in [-0.15, -0.1) is 11.3 Å². The SMILES string of the molecule is Nc1nc(Cl)cc(NCc2ccc(S(=O)(=O)N3CCCC3)s2)n1. The van der Waals surface area contributed by atoms with E-state index < -0.39 is 10.0 Å². The number of sulfonamides is 1. The Kier molecular flexibility index (Phi) is 4.72. The summed E-state index contributed by atoms with van der Waals surface area (Å²) in [5.74, 6) is 0.586. The van der Waals surface area contributed by atoms with Gasteiger partial charge in [-0.1, -0.05) is 11.6 Å². The van der Waals surface area contributed by atoms with E-state index in [1.807, 2.05) is 0 Å². The number of halogens is 1. The van der Waals surface area contributed by atoms with Crippen LogP contribution in [0.4, 0.5) is 11.8 Å². The summed E-state index contributed by atoms with van der Waals surface area (Å²) in [6.07, 6.45) is 1.85. The number of nitrogen functional groups attached to an aromatic ring is 1. The smallest absolute Gasteiger partial charge is 0.252 e. The van der Waals surface area contributed by atoms with E-state index in [1.165, 1.54) is 11.3 Å². The number of hydrogen-bond donors (Lipinski definition) is 2. The predicted octanol–water partition coefficient (Wildman–Crippen LogP) is 2.17. The van der Waals surface area contributed by atoms with E-state index in [-0.39, 0.29) is 11.1 Å². The van der Waals surface area contributed by atoms with Crippen molar-refractivity contribution in [3.8, 4) is 0 Å². The van der Waals surface area contributed by atoms with Gasteiger partial charge < -0.3 is 11.1 Å². The normalized spacial score (nSPS) is 15.9. The summed E-state index contributed by atoms with van der Waals surface area (Å²) in [5.41, 5.74) is 5.53. The van der Waals surface area contributed by atoms with E-state index in [0.29, 0.717) is 29.7 Å². The van der Waals surface area contributed by atoms with Crippen LogP contribution in [0, 0.1) is 0 Å². The molecule has 1 fully saturated rings. The van der Waals surface area contributed by atoms with Crippen molar-refractivity contribution >= 4 is 44.7 Å². The van der Waals surface area contributed by atoms with Crippen LogP contribution in [0.2, 0.25) is 5.15 Å². The van der Waals surface area contributed by atoms with Crippen molar-refractivity contribution in [2.45, 2.75) is 23.6 Å². The molecule has 0 unspecified atom stereocenters. The third-order valence-corrected chi connectivity index (χ3v) is 7.10. The summed E-state index contributed by atoms with van der Waals surface area (Å²) in [7, 11) is -3.36. The Bertz CT molecular complexity index is 782. The molecule has 1 aliphatic heterocycles. The monoisotopic (exact) mass is 373 g/mol. The minimum Gasteiger partial charge on any atom is -0.368 e. The van der Waals surface area contributed by atoms with Gasteiger partial charge >= 0.3 is 0 Å². The van der Waals surface area contributed by atoms with Gasteiger partial charge in [-0.2, -0.15) is 9.29 Å². The lowest BCUT2D eigenvalue weighted by Crippen LogP contribution is -2.27.